The van der Waals surface area contributed by atoms with Crippen LogP contribution in [0.5, 0.6) is 11.5 Å². The van der Waals surface area contributed by atoms with Gasteiger partial charge in [-0.3, -0.25) is 4.79 Å². The number of phenols is 1. The molecule has 0 fully saturated rings. The van der Waals surface area contributed by atoms with Crippen LogP contribution in [0.2, 0.25) is 0 Å². The lowest BCUT2D eigenvalue weighted by molar-refractivity contribution is -0.136. The number of hydrogen-bond donors (Lipinski definition) is 3. The molecule has 0 spiro atoms. The number of amides is 1. The molecule has 0 aromatic heterocycles. The minimum absolute atomic E-state index is 0.0387. The monoisotopic (exact) mass is 502 g/mol. The zero-order valence-corrected chi connectivity index (χ0v) is 17.7. The summed E-state index contributed by atoms with van der Waals surface area (Å²) < 4.78 is 5.70. The van der Waals surface area contributed by atoms with E-state index in [9.17, 15) is 15.0 Å². The average Bonchev–Trinajstić information content (AvgIpc) is 2.76. The third-order valence-electron chi connectivity index (χ3n) is 4.36. The fourth-order valence-electron chi connectivity index (χ4n) is 2.86. The van der Waals surface area contributed by atoms with Crippen molar-refractivity contribution in [2.75, 3.05) is 7.11 Å². The highest BCUT2D eigenvalue weighted by molar-refractivity contribution is 14.1. The van der Waals surface area contributed by atoms with E-state index < -0.39 is 11.5 Å². The van der Waals surface area contributed by atoms with Gasteiger partial charge in [0, 0.05) is 0 Å². The van der Waals surface area contributed by atoms with E-state index in [1.54, 1.807) is 60.7 Å². The van der Waals surface area contributed by atoms with Crippen molar-refractivity contribution in [3.8, 4) is 11.5 Å². The predicted octanol–water partition coefficient (Wildman–Crippen LogP) is 3.39. The molecule has 0 unspecified atom stereocenters. The number of methoxy groups -OCH3 is 1. The number of ether oxygens (including phenoxy) is 1. The highest BCUT2D eigenvalue weighted by Crippen LogP contribution is 2.32. The van der Waals surface area contributed by atoms with E-state index in [-0.39, 0.29) is 5.75 Å². The summed E-state index contributed by atoms with van der Waals surface area (Å²) in [5.74, 6) is -0.349. The predicted molar refractivity (Wildman–Crippen MR) is 119 cm³/mol. The van der Waals surface area contributed by atoms with Crippen LogP contribution >= 0.6 is 22.6 Å². The molecular formula is C22H19IN2O4. The summed E-state index contributed by atoms with van der Waals surface area (Å²) in [4.78, 5) is 13.0. The molecule has 7 heteroatoms. The summed E-state index contributed by atoms with van der Waals surface area (Å²) in [6, 6.07) is 20.7. The first-order valence-electron chi connectivity index (χ1n) is 8.70. The Labute approximate surface area is 182 Å². The normalized spacial score (nSPS) is 11.4. The maximum atomic E-state index is 13.0. The first kappa shape index (κ1) is 20.8. The number of nitrogens with zero attached hydrogens (tertiary/aromatic N) is 1. The van der Waals surface area contributed by atoms with E-state index in [0.29, 0.717) is 26.0 Å². The zero-order valence-electron chi connectivity index (χ0n) is 15.5. The molecule has 0 saturated carbocycles. The van der Waals surface area contributed by atoms with Crippen LogP contribution in [0.3, 0.4) is 0 Å². The highest BCUT2D eigenvalue weighted by atomic mass is 127. The Kier molecular flexibility index (Phi) is 6.50. The Morgan fingerprint density at radius 1 is 1.07 bits per heavy atom. The molecule has 3 aromatic rings. The summed E-state index contributed by atoms with van der Waals surface area (Å²) in [6.45, 7) is 0. The van der Waals surface area contributed by atoms with Crippen molar-refractivity contribution in [2.24, 2.45) is 5.10 Å². The lowest BCUT2D eigenvalue weighted by Crippen LogP contribution is -2.43. The summed E-state index contributed by atoms with van der Waals surface area (Å²) >= 11 is 1.97. The Balaban J connectivity index is 1.89. The molecule has 3 aromatic carbocycles. The van der Waals surface area contributed by atoms with Gasteiger partial charge >= 0.3 is 0 Å². The van der Waals surface area contributed by atoms with E-state index in [0.717, 1.165) is 0 Å². The van der Waals surface area contributed by atoms with Crippen LogP contribution in [-0.4, -0.2) is 29.4 Å². The van der Waals surface area contributed by atoms with Gasteiger partial charge in [0.1, 0.15) is 0 Å². The van der Waals surface area contributed by atoms with Crippen molar-refractivity contribution in [1.29, 1.82) is 0 Å². The lowest BCUT2D eigenvalue weighted by atomic mass is 9.85. The maximum Gasteiger partial charge on any atom is 0.281 e. The number of hydrogen-bond acceptors (Lipinski definition) is 5. The van der Waals surface area contributed by atoms with Gasteiger partial charge in [0.05, 0.1) is 16.9 Å². The van der Waals surface area contributed by atoms with Gasteiger partial charge in [0.15, 0.2) is 17.1 Å². The molecule has 6 nitrogen and oxygen atoms in total. The van der Waals surface area contributed by atoms with Gasteiger partial charge < -0.3 is 14.9 Å². The van der Waals surface area contributed by atoms with Crippen molar-refractivity contribution in [3.63, 3.8) is 0 Å². The number of halogens is 1. The van der Waals surface area contributed by atoms with Crippen molar-refractivity contribution >= 4 is 34.7 Å². The van der Waals surface area contributed by atoms with Crippen molar-refractivity contribution < 1.29 is 19.7 Å². The molecule has 0 atom stereocenters. The minimum atomic E-state index is -1.90. The van der Waals surface area contributed by atoms with Crippen LogP contribution in [0.25, 0.3) is 0 Å². The van der Waals surface area contributed by atoms with Crippen molar-refractivity contribution in [3.05, 3.63) is 93.1 Å². The molecule has 0 bridgehead atoms. The molecule has 148 valence electrons. The van der Waals surface area contributed by atoms with Gasteiger partial charge in [-0.25, -0.2) is 5.43 Å². The van der Waals surface area contributed by atoms with Gasteiger partial charge in [-0.1, -0.05) is 60.7 Å². The second-order valence-corrected chi connectivity index (χ2v) is 7.36. The molecule has 3 N–H and O–H groups in total. The molecule has 0 saturated heterocycles. The SMILES string of the molecule is COc1cc(/C=N/NC(=O)C(O)(c2ccccc2)c2ccccc2)cc(I)c1O. The van der Waals surface area contributed by atoms with Crippen LogP contribution in [0.15, 0.2) is 77.9 Å². The molecule has 0 radical (unpaired) electrons. The van der Waals surface area contributed by atoms with Crippen LogP contribution < -0.4 is 10.2 Å². The largest absolute Gasteiger partial charge is 0.504 e. The molecule has 1 amide bonds. The molecule has 0 aliphatic heterocycles. The second kappa shape index (κ2) is 9.06. The third kappa shape index (κ3) is 4.41. The van der Waals surface area contributed by atoms with E-state index in [1.807, 2.05) is 34.7 Å². The smallest absolute Gasteiger partial charge is 0.281 e. The molecule has 3 rings (SSSR count). The lowest BCUT2D eigenvalue weighted by Gasteiger charge is -2.27. The van der Waals surface area contributed by atoms with Gasteiger partial charge in [-0.2, -0.15) is 5.10 Å². The summed E-state index contributed by atoms with van der Waals surface area (Å²) in [6.07, 6.45) is 1.42. The third-order valence-corrected chi connectivity index (χ3v) is 5.18. The quantitative estimate of drug-likeness (QED) is 0.274. The topological polar surface area (TPSA) is 91.2 Å². The summed E-state index contributed by atoms with van der Waals surface area (Å²) in [7, 11) is 1.45. The fourth-order valence-corrected chi connectivity index (χ4v) is 3.48. The summed E-state index contributed by atoms with van der Waals surface area (Å²) in [5.41, 5.74) is 1.99. The van der Waals surface area contributed by atoms with Crippen LogP contribution in [-0.2, 0) is 10.4 Å². The minimum Gasteiger partial charge on any atom is -0.504 e. The van der Waals surface area contributed by atoms with Gasteiger partial charge in [-0.05, 0) is 51.4 Å². The fraction of sp³-hybridized carbons (Fsp3) is 0.0909. The zero-order chi connectivity index (χ0) is 20.9. The molecule has 0 aliphatic carbocycles. The number of carbonyl (C=O) groups excluding carboxylic acids is 1. The first-order valence-corrected chi connectivity index (χ1v) is 9.78. The summed E-state index contributed by atoms with van der Waals surface area (Å²) in [5, 5.41) is 25.2. The van der Waals surface area contributed by atoms with Gasteiger partial charge in [0.25, 0.3) is 5.91 Å². The highest BCUT2D eigenvalue weighted by Gasteiger charge is 2.39. The van der Waals surface area contributed by atoms with Crippen LogP contribution in [0, 0.1) is 3.57 Å². The number of hydrazone groups is 1. The van der Waals surface area contributed by atoms with Crippen LogP contribution in [0.4, 0.5) is 0 Å². The Bertz CT molecular complexity index is 984. The van der Waals surface area contributed by atoms with E-state index >= 15 is 0 Å². The van der Waals surface area contributed by atoms with Gasteiger partial charge in [-0.15, -0.1) is 0 Å². The number of phenolic OH excluding ortho intramolecular Hbond substituents is 1. The Morgan fingerprint density at radius 3 is 2.14 bits per heavy atom. The van der Waals surface area contributed by atoms with Gasteiger partial charge in [0.2, 0.25) is 0 Å². The van der Waals surface area contributed by atoms with Crippen molar-refractivity contribution in [1.82, 2.24) is 5.43 Å². The van der Waals surface area contributed by atoms with E-state index in [4.69, 9.17) is 4.74 Å². The standard InChI is InChI=1S/C22H19IN2O4/c1-29-19-13-15(12-18(23)20(19)26)14-24-25-21(27)22(28,16-8-4-2-5-9-16)17-10-6-3-7-11-17/h2-14,26,28H,1H3,(H,25,27)/b24-14+. The molecule has 29 heavy (non-hydrogen) atoms. The number of rotatable bonds is 6. The van der Waals surface area contributed by atoms with Crippen molar-refractivity contribution in [2.45, 2.75) is 5.60 Å². The number of aliphatic hydroxyl groups is 1. The number of nitrogens with one attached hydrogen (secondary N) is 1. The van der Waals surface area contributed by atoms with E-state index in [2.05, 4.69) is 10.5 Å². The van der Waals surface area contributed by atoms with Crippen LogP contribution in [0.1, 0.15) is 16.7 Å². The second-order valence-electron chi connectivity index (χ2n) is 6.20. The number of carbonyl (C=O) groups is 1. The average molecular weight is 502 g/mol. The Hall–Kier alpha value is -2.91. The Morgan fingerprint density at radius 2 is 1.62 bits per heavy atom. The first-order chi connectivity index (χ1) is 14.0. The molecular weight excluding hydrogens is 483 g/mol. The number of benzene rings is 3. The van der Waals surface area contributed by atoms with E-state index in [1.165, 1.54) is 13.3 Å². The maximum absolute atomic E-state index is 13.0. The molecule has 0 heterocycles. The number of aromatic hydroxyl groups is 1. The molecule has 0 aliphatic rings.